The summed E-state index contributed by atoms with van der Waals surface area (Å²) in [6.45, 7) is 3.02. The maximum absolute atomic E-state index is 11.6. The molecule has 0 unspecified atom stereocenters. The SMILES string of the molecule is CC(C)(CNC(=O)Nc1ccc(C(N)=O)cc1)C(=O)O. The van der Waals surface area contributed by atoms with E-state index in [0.29, 0.717) is 11.3 Å². The number of benzene rings is 1. The Labute approximate surface area is 116 Å². The summed E-state index contributed by atoms with van der Waals surface area (Å²) in [5.74, 6) is -1.55. The summed E-state index contributed by atoms with van der Waals surface area (Å²) in [6.07, 6.45) is 0. The molecule has 20 heavy (non-hydrogen) atoms. The van der Waals surface area contributed by atoms with Crippen molar-refractivity contribution in [1.29, 1.82) is 0 Å². The first-order chi connectivity index (χ1) is 9.22. The van der Waals surface area contributed by atoms with Crippen molar-refractivity contribution in [3.8, 4) is 0 Å². The van der Waals surface area contributed by atoms with E-state index in [1.54, 1.807) is 0 Å². The number of rotatable bonds is 5. The Morgan fingerprint density at radius 1 is 1.20 bits per heavy atom. The van der Waals surface area contributed by atoms with Crippen LogP contribution in [0.4, 0.5) is 10.5 Å². The van der Waals surface area contributed by atoms with Crippen LogP contribution in [0.5, 0.6) is 0 Å². The molecule has 1 aromatic carbocycles. The number of nitrogens with two attached hydrogens (primary N) is 1. The Morgan fingerprint density at radius 2 is 1.75 bits per heavy atom. The van der Waals surface area contributed by atoms with Crippen LogP contribution in [0.1, 0.15) is 24.2 Å². The average molecular weight is 279 g/mol. The number of carbonyl (C=O) groups is 3. The van der Waals surface area contributed by atoms with Crippen LogP contribution in [0.2, 0.25) is 0 Å². The standard InChI is InChI=1S/C13H17N3O4/c1-13(2,11(18)19)7-15-12(20)16-9-5-3-8(4-6-9)10(14)17/h3-6H,7H2,1-2H3,(H2,14,17)(H,18,19)(H2,15,16,20). The highest BCUT2D eigenvalue weighted by Crippen LogP contribution is 2.13. The summed E-state index contributed by atoms with van der Waals surface area (Å²) in [6, 6.07) is 5.51. The number of carbonyl (C=O) groups excluding carboxylic acids is 2. The van der Waals surface area contributed by atoms with Crippen molar-refractivity contribution in [3.63, 3.8) is 0 Å². The van der Waals surface area contributed by atoms with Crippen LogP contribution in [-0.2, 0) is 4.79 Å². The predicted octanol–water partition coefficient (Wildman–Crippen LogP) is 1.02. The van der Waals surface area contributed by atoms with Gasteiger partial charge in [0.05, 0.1) is 5.41 Å². The monoisotopic (exact) mass is 279 g/mol. The van der Waals surface area contributed by atoms with Crippen molar-refractivity contribution in [2.24, 2.45) is 11.1 Å². The molecule has 108 valence electrons. The van der Waals surface area contributed by atoms with Crippen molar-refractivity contribution in [3.05, 3.63) is 29.8 Å². The molecule has 1 rings (SSSR count). The number of aliphatic carboxylic acids is 1. The summed E-state index contributed by atoms with van der Waals surface area (Å²) in [5, 5.41) is 13.9. The molecule has 0 saturated carbocycles. The molecule has 0 aliphatic carbocycles. The summed E-state index contributed by atoms with van der Waals surface area (Å²) in [7, 11) is 0. The van der Waals surface area contributed by atoms with Crippen molar-refractivity contribution < 1.29 is 19.5 Å². The summed E-state index contributed by atoms with van der Waals surface area (Å²) >= 11 is 0. The van der Waals surface area contributed by atoms with E-state index in [-0.39, 0.29) is 6.54 Å². The van der Waals surface area contributed by atoms with Crippen molar-refractivity contribution in [2.45, 2.75) is 13.8 Å². The molecule has 0 saturated heterocycles. The van der Waals surface area contributed by atoms with Crippen LogP contribution in [0.15, 0.2) is 24.3 Å². The second-order valence-electron chi connectivity index (χ2n) is 4.94. The number of carboxylic acids is 1. The summed E-state index contributed by atoms with van der Waals surface area (Å²) < 4.78 is 0. The van der Waals surface area contributed by atoms with Crippen LogP contribution in [0.3, 0.4) is 0 Å². The fourth-order valence-electron chi connectivity index (χ4n) is 1.27. The lowest BCUT2D eigenvalue weighted by molar-refractivity contribution is -0.146. The number of amides is 3. The number of anilines is 1. The van der Waals surface area contributed by atoms with Gasteiger partial charge < -0.3 is 21.5 Å². The Hall–Kier alpha value is -2.57. The predicted molar refractivity (Wildman–Crippen MR) is 73.4 cm³/mol. The minimum atomic E-state index is -1.05. The Kier molecular flexibility index (Phi) is 4.68. The summed E-state index contributed by atoms with van der Waals surface area (Å²) in [5.41, 5.74) is 4.86. The van der Waals surface area contributed by atoms with Crippen LogP contribution in [-0.4, -0.2) is 29.6 Å². The third-order valence-electron chi connectivity index (χ3n) is 2.70. The van der Waals surface area contributed by atoms with Crippen molar-refractivity contribution >= 4 is 23.6 Å². The first-order valence-corrected chi connectivity index (χ1v) is 5.90. The van der Waals surface area contributed by atoms with E-state index in [2.05, 4.69) is 10.6 Å². The number of primary amides is 1. The number of hydrogen-bond donors (Lipinski definition) is 4. The largest absolute Gasteiger partial charge is 0.481 e. The molecule has 0 radical (unpaired) electrons. The molecule has 0 bridgehead atoms. The molecule has 0 aliphatic rings. The van der Waals surface area contributed by atoms with Gasteiger partial charge in [-0.15, -0.1) is 0 Å². The zero-order chi connectivity index (χ0) is 15.3. The molecule has 0 atom stereocenters. The van der Waals surface area contributed by atoms with Gasteiger partial charge >= 0.3 is 12.0 Å². The quantitative estimate of drug-likeness (QED) is 0.642. The van der Waals surface area contributed by atoms with E-state index < -0.39 is 23.3 Å². The molecule has 0 aromatic heterocycles. The minimum Gasteiger partial charge on any atom is -0.481 e. The van der Waals surface area contributed by atoms with Crippen molar-refractivity contribution in [2.75, 3.05) is 11.9 Å². The third kappa shape index (κ3) is 4.27. The molecule has 0 aliphatic heterocycles. The summed E-state index contributed by atoms with van der Waals surface area (Å²) in [4.78, 5) is 33.3. The van der Waals surface area contributed by atoms with Gasteiger partial charge in [0.25, 0.3) is 0 Å². The zero-order valence-electron chi connectivity index (χ0n) is 11.3. The highest BCUT2D eigenvalue weighted by atomic mass is 16.4. The maximum Gasteiger partial charge on any atom is 0.319 e. The molecule has 1 aromatic rings. The Morgan fingerprint density at radius 3 is 2.20 bits per heavy atom. The minimum absolute atomic E-state index is 0.00641. The van der Waals surface area contributed by atoms with Gasteiger partial charge in [-0.05, 0) is 38.1 Å². The molecule has 7 heteroatoms. The topological polar surface area (TPSA) is 122 Å². The van der Waals surface area contributed by atoms with E-state index in [9.17, 15) is 14.4 Å². The van der Waals surface area contributed by atoms with Crippen LogP contribution in [0, 0.1) is 5.41 Å². The number of urea groups is 1. The Bertz CT molecular complexity index is 523. The molecule has 7 nitrogen and oxygen atoms in total. The highest BCUT2D eigenvalue weighted by Gasteiger charge is 2.27. The van der Waals surface area contributed by atoms with E-state index in [1.165, 1.54) is 38.1 Å². The molecular weight excluding hydrogens is 262 g/mol. The van der Waals surface area contributed by atoms with E-state index in [4.69, 9.17) is 10.8 Å². The lowest BCUT2D eigenvalue weighted by Crippen LogP contribution is -2.40. The van der Waals surface area contributed by atoms with Crippen LogP contribution >= 0.6 is 0 Å². The smallest absolute Gasteiger partial charge is 0.319 e. The molecule has 0 spiro atoms. The Balaban J connectivity index is 2.54. The lowest BCUT2D eigenvalue weighted by atomic mass is 9.94. The number of nitrogens with one attached hydrogen (secondary N) is 2. The number of hydrogen-bond acceptors (Lipinski definition) is 3. The molecule has 5 N–H and O–H groups in total. The van der Waals surface area contributed by atoms with Gasteiger partial charge in [0.15, 0.2) is 0 Å². The van der Waals surface area contributed by atoms with Gasteiger partial charge in [0.2, 0.25) is 5.91 Å². The van der Waals surface area contributed by atoms with Gasteiger partial charge in [-0.1, -0.05) is 0 Å². The van der Waals surface area contributed by atoms with Gasteiger partial charge in [-0.3, -0.25) is 9.59 Å². The fourth-order valence-corrected chi connectivity index (χ4v) is 1.27. The first-order valence-electron chi connectivity index (χ1n) is 5.90. The second-order valence-corrected chi connectivity index (χ2v) is 4.94. The van der Waals surface area contributed by atoms with E-state index in [0.717, 1.165) is 0 Å². The van der Waals surface area contributed by atoms with E-state index >= 15 is 0 Å². The normalized spacial score (nSPS) is 10.7. The maximum atomic E-state index is 11.6. The van der Waals surface area contributed by atoms with Gasteiger partial charge in [0.1, 0.15) is 0 Å². The van der Waals surface area contributed by atoms with Gasteiger partial charge in [0, 0.05) is 17.8 Å². The first kappa shape index (κ1) is 15.5. The number of carboxylic acid groups (broad SMARTS) is 1. The third-order valence-corrected chi connectivity index (χ3v) is 2.70. The average Bonchev–Trinajstić information content (AvgIpc) is 2.37. The van der Waals surface area contributed by atoms with Gasteiger partial charge in [-0.2, -0.15) is 0 Å². The molecule has 3 amide bonds. The fraction of sp³-hybridized carbons (Fsp3) is 0.308. The molecular formula is C13H17N3O4. The molecule has 0 heterocycles. The lowest BCUT2D eigenvalue weighted by Gasteiger charge is -2.19. The highest BCUT2D eigenvalue weighted by molar-refractivity contribution is 5.94. The zero-order valence-corrected chi connectivity index (χ0v) is 11.3. The molecule has 0 fully saturated rings. The van der Waals surface area contributed by atoms with Crippen LogP contribution < -0.4 is 16.4 Å². The van der Waals surface area contributed by atoms with E-state index in [1.807, 2.05) is 0 Å². The second kappa shape index (κ2) is 6.05. The van der Waals surface area contributed by atoms with Crippen molar-refractivity contribution in [1.82, 2.24) is 5.32 Å². The van der Waals surface area contributed by atoms with Crippen LogP contribution in [0.25, 0.3) is 0 Å². The van der Waals surface area contributed by atoms with Gasteiger partial charge in [-0.25, -0.2) is 4.79 Å².